The van der Waals surface area contributed by atoms with E-state index >= 15 is 0 Å². The average molecular weight is 399 g/mol. The molecule has 0 fully saturated rings. The second-order valence-corrected chi connectivity index (χ2v) is 8.17. The summed E-state index contributed by atoms with van der Waals surface area (Å²) in [7, 11) is 0. The molecule has 2 aromatic rings. The minimum Gasteiger partial charge on any atom is -0.352 e. The van der Waals surface area contributed by atoms with Gasteiger partial charge in [0.25, 0.3) is 0 Å². The van der Waals surface area contributed by atoms with Crippen molar-refractivity contribution in [1.82, 2.24) is 10.2 Å². The van der Waals surface area contributed by atoms with Crippen molar-refractivity contribution < 1.29 is 9.59 Å². The van der Waals surface area contributed by atoms with E-state index < -0.39 is 6.04 Å². The maximum absolute atomic E-state index is 13.1. The molecule has 0 aliphatic carbocycles. The van der Waals surface area contributed by atoms with Gasteiger partial charge in [-0.15, -0.1) is 11.8 Å². The second kappa shape index (κ2) is 11.5. The number of benzene rings is 2. The lowest BCUT2D eigenvalue weighted by Gasteiger charge is -2.31. The van der Waals surface area contributed by atoms with Gasteiger partial charge in [0, 0.05) is 29.7 Å². The van der Waals surface area contributed by atoms with Crippen LogP contribution in [0.25, 0.3) is 0 Å². The molecule has 0 aliphatic rings. The Morgan fingerprint density at radius 1 is 1.00 bits per heavy atom. The summed E-state index contributed by atoms with van der Waals surface area (Å²) in [5, 5.41) is 2.96. The Kier molecular flexibility index (Phi) is 9.08. The number of rotatable bonds is 10. The summed E-state index contributed by atoms with van der Waals surface area (Å²) in [6.07, 6.45) is 0.987. The van der Waals surface area contributed by atoms with Crippen LogP contribution in [-0.2, 0) is 16.1 Å². The van der Waals surface area contributed by atoms with Gasteiger partial charge in [0.05, 0.1) is 0 Å². The molecule has 2 rings (SSSR count). The molecule has 0 saturated carbocycles. The van der Waals surface area contributed by atoms with Crippen molar-refractivity contribution in [2.45, 2.75) is 57.1 Å². The van der Waals surface area contributed by atoms with Crippen LogP contribution in [0.2, 0.25) is 0 Å². The molecule has 4 nitrogen and oxygen atoms in total. The summed E-state index contributed by atoms with van der Waals surface area (Å²) >= 11 is 1.66. The van der Waals surface area contributed by atoms with Gasteiger partial charge in [-0.2, -0.15) is 0 Å². The standard InChI is InChI=1S/C23H30N2O2S/c1-4-21(23(27)24-18(2)3)25(17-19-11-7-5-8-12-19)22(26)15-16-28-20-13-9-6-10-14-20/h5-14,18,21H,4,15-17H2,1-3H3,(H,24,27). The van der Waals surface area contributed by atoms with Crippen molar-refractivity contribution in [2.75, 3.05) is 5.75 Å². The molecular formula is C23H30N2O2S. The van der Waals surface area contributed by atoms with Crippen molar-refractivity contribution in [3.63, 3.8) is 0 Å². The maximum Gasteiger partial charge on any atom is 0.243 e. The number of amides is 2. The molecule has 0 spiro atoms. The van der Waals surface area contributed by atoms with Crippen molar-refractivity contribution in [1.29, 1.82) is 0 Å². The molecule has 0 bridgehead atoms. The van der Waals surface area contributed by atoms with Gasteiger partial charge in [0.15, 0.2) is 0 Å². The molecule has 1 N–H and O–H groups in total. The van der Waals surface area contributed by atoms with E-state index in [0.717, 1.165) is 10.5 Å². The van der Waals surface area contributed by atoms with E-state index in [2.05, 4.69) is 5.32 Å². The molecule has 0 radical (unpaired) electrons. The third-order valence-corrected chi connectivity index (χ3v) is 5.35. The zero-order chi connectivity index (χ0) is 20.4. The topological polar surface area (TPSA) is 49.4 Å². The molecule has 0 saturated heterocycles. The number of hydrogen-bond donors (Lipinski definition) is 1. The highest BCUT2D eigenvalue weighted by Crippen LogP contribution is 2.20. The molecular weight excluding hydrogens is 368 g/mol. The predicted molar refractivity (Wildman–Crippen MR) is 116 cm³/mol. The van der Waals surface area contributed by atoms with Crippen molar-refractivity contribution in [2.24, 2.45) is 0 Å². The van der Waals surface area contributed by atoms with Gasteiger partial charge in [0.1, 0.15) is 6.04 Å². The van der Waals surface area contributed by atoms with Crippen molar-refractivity contribution in [3.05, 3.63) is 66.2 Å². The van der Waals surface area contributed by atoms with Gasteiger partial charge in [-0.1, -0.05) is 55.5 Å². The smallest absolute Gasteiger partial charge is 0.243 e. The van der Waals surface area contributed by atoms with Crippen LogP contribution in [0.1, 0.15) is 39.2 Å². The van der Waals surface area contributed by atoms with Crippen molar-refractivity contribution >= 4 is 23.6 Å². The van der Waals surface area contributed by atoms with Gasteiger partial charge in [-0.25, -0.2) is 0 Å². The Bertz CT molecular complexity index is 735. The largest absolute Gasteiger partial charge is 0.352 e. The van der Waals surface area contributed by atoms with E-state index in [1.54, 1.807) is 16.7 Å². The maximum atomic E-state index is 13.1. The lowest BCUT2D eigenvalue weighted by atomic mass is 10.1. The molecule has 0 heterocycles. The summed E-state index contributed by atoms with van der Waals surface area (Å²) in [6, 6.07) is 19.5. The molecule has 5 heteroatoms. The number of carbonyl (C=O) groups is 2. The average Bonchev–Trinajstić information content (AvgIpc) is 2.69. The molecule has 150 valence electrons. The first-order chi connectivity index (χ1) is 13.5. The van der Waals surface area contributed by atoms with Crippen LogP contribution in [0.5, 0.6) is 0 Å². The highest BCUT2D eigenvalue weighted by Gasteiger charge is 2.28. The minimum absolute atomic E-state index is 0.0121. The number of thioether (sulfide) groups is 1. The molecule has 2 aromatic carbocycles. The highest BCUT2D eigenvalue weighted by atomic mass is 32.2. The van der Waals surface area contributed by atoms with Crippen LogP contribution in [0, 0.1) is 0 Å². The summed E-state index contributed by atoms with van der Waals surface area (Å²) in [5.41, 5.74) is 1.03. The zero-order valence-electron chi connectivity index (χ0n) is 16.9. The number of nitrogens with zero attached hydrogens (tertiary/aromatic N) is 1. The van der Waals surface area contributed by atoms with Gasteiger partial charge in [0.2, 0.25) is 11.8 Å². The Balaban J connectivity index is 2.09. The number of carbonyl (C=O) groups excluding carboxylic acids is 2. The van der Waals surface area contributed by atoms with Gasteiger partial charge in [-0.05, 0) is 38.0 Å². The van der Waals surface area contributed by atoms with E-state index in [0.29, 0.717) is 25.1 Å². The molecule has 2 amide bonds. The molecule has 1 atom stereocenters. The van der Waals surface area contributed by atoms with Crippen LogP contribution in [0.15, 0.2) is 65.6 Å². The van der Waals surface area contributed by atoms with Crippen LogP contribution >= 0.6 is 11.8 Å². The monoisotopic (exact) mass is 398 g/mol. The summed E-state index contributed by atoms with van der Waals surface area (Å²) in [4.78, 5) is 28.6. The van der Waals surface area contributed by atoms with E-state index in [9.17, 15) is 9.59 Å². The van der Waals surface area contributed by atoms with E-state index in [1.165, 1.54) is 0 Å². The first-order valence-electron chi connectivity index (χ1n) is 9.82. The van der Waals surface area contributed by atoms with Crippen LogP contribution < -0.4 is 5.32 Å². The Morgan fingerprint density at radius 2 is 1.61 bits per heavy atom. The molecule has 1 unspecified atom stereocenters. The fourth-order valence-electron chi connectivity index (χ4n) is 3.00. The van der Waals surface area contributed by atoms with Crippen LogP contribution in [-0.4, -0.2) is 34.6 Å². The lowest BCUT2D eigenvalue weighted by Crippen LogP contribution is -2.50. The third kappa shape index (κ3) is 7.04. The molecule has 0 aromatic heterocycles. The first kappa shape index (κ1) is 22.0. The minimum atomic E-state index is -0.461. The fraction of sp³-hybridized carbons (Fsp3) is 0.391. The Hall–Kier alpha value is -2.27. The molecule has 28 heavy (non-hydrogen) atoms. The van der Waals surface area contributed by atoms with Gasteiger partial charge < -0.3 is 10.2 Å². The zero-order valence-corrected chi connectivity index (χ0v) is 17.7. The van der Waals surface area contributed by atoms with Crippen molar-refractivity contribution in [3.8, 4) is 0 Å². The van der Waals surface area contributed by atoms with E-state index in [1.807, 2.05) is 81.4 Å². The van der Waals surface area contributed by atoms with Gasteiger partial charge >= 0.3 is 0 Å². The van der Waals surface area contributed by atoms with Gasteiger partial charge in [-0.3, -0.25) is 9.59 Å². The van der Waals surface area contributed by atoms with Crippen LogP contribution in [0.3, 0.4) is 0 Å². The Labute approximate surface area is 172 Å². The van der Waals surface area contributed by atoms with E-state index in [4.69, 9.17) is 0 Å². The highest BCUT2D eigenvalue weighted by molar-refractivity contribution is 7.99. The summed E-state index contributed by atoms with van der Waals surface area (Å²) < 4.78 is 0. The normalized spacial score (nSPS) is 11.9. The number of nitrogens with one attached hydrogen (secondary N) is 1. The predicted octanol–water partition coefficient (Wildman–Crippen LogP) is 4.50. The quantitative estimate of drug-likeness (QED) is 0.600. The second-order valence-electron chi connectivity index (χ2n) is 7.01. The molecule has 0 aliphatic heterocycles. The SMILES string of the molecule is CCC(C(=O)NC(C)C)N(Cc1ccccc1)C(=O)CCSc1ccccc1. The summed E-state index contributed by atoms with van der Waals surface area (Å²) in [6.45, 7) is 6.27. The lowest BCUT2D eigenvalue weighted by molar-refractivity contribution is -0.141. The van der Waals surface area contributed by atoms with Crippen LogP contribution in [0.4, 0.5) is 0 Å². The number of hydrogen-bond acceptors (Lipinski definition) is 3. The van der Waals surface area contributed by atoms with E-state index in [-0.39, 0.29) is 17.9 Å². The summed E-state index contributed by atoms with van der Waals surface area (Å²) in [5.74, 6) is 0.617. The Morgan fingerprint density at radius 3 is 2.18 bits per heavy atom. The first-order valence-corrected chi connectivity index (χ1v) is 10.8. The fourth-order valence-corrected chi connectivity index (χ4v) is 3.86. The third-order valence-electron chi connectivity index (χ3n) is 4.34.